The van der Waals surface area contributed by atoms with Crippen LogP contribution < -0.4 is 5.73 Å². The molecule has 86 valence electrons. The van der Waals surface area contributed by atoms with E-state index < -0.39 is 0 Å². The molecule has 1 unspecified atom stereocenters. The van der Waals surface area contributed by atoms with Gasteiger partial charge >= 0.3 is 0 Å². The van der Waals surface area contributed by atoms with Crippen molar-refractivity contribution in [1.29, 1.82) is 0 Å². The summed E-state index contributed by atoms with van der Waals surface area (Å²) in [6.45, 7) is 8.08. The van der Waals surface area contributed by atoms with Crippen LogP contribution in [0.1, 0.15) is 29.7 Å². The molecular formula is C13H19N3. The minimum atomic E-state index is 0.324. The van der Waals surface area contributed by atoms with E-state index in [1.807, 2.05) is 0 Å². The van der Waals surface area contributed by atoms with Gasteiger partial charge in [-0.25, -0.2) is 0 Å². The Morgan fingerprint density at radius 1 is 1.44 bits per heavy atom. The van der Waals surface area contributed by atoms with Crippen LogP contribution in [0.5, 0.6) is 0 Å². The van der Waals surface area contributed by atoms with E-state index in [2.05, 4.69) is 48.9 Å². The summed E-state index contributed by atoms with van der Waals surface area (Å²) in [6.07, 6.45) is 0. The van der Waals surface area contributed by atoms with E-state index in [0.29, 0.717) is 12.0 Å². The predicted octanol–water partition coefficient (Wildman–Crippen LogP) is 1.99. The van der Waals surface area contributed by atoms with Crippen LogP contribution in [0.4, 0.5) is 0 Å². The average molecular weight is 217 g/mol. The molecular weight excluding hydrogens is 198 g/mol. The third kappa shape index (κ3) is 1.77. The van der Waals surface area contributed by atoms with Gasteiger partial charge in [-0.15, -0.1) is 0 Å². The number of aliphatic imine (C=N–C) groups is 1. The third-order valence-electron chi connectivity index (χ3n) is 3.23. The minimum absolute atomic E-state index is 0.324. The summed E-state index contributed by atoms with van der Waals surface area (Å²) in [7, 11) is 0. The summed E-state index contributed by atoms with van der Waals surface area (Å²) in [6, 6.07) is 6.89. The summed E-state index contributed by atoms with van der Waals surface area (Å²) >= 11 is 0. The van der Waals surface area contributed by atoms with Crippen molar-refractivity contribution in [3.63, 3.8) is 0 Å². The summed E-state index contributed by atoms with van der Waals surface area (Å²) in [5.41, 5.74) is 9.85. The predicted molar refractivity (Wildman–Crippen MR) is 67.5 cm³/mol. The van der Waals surface area contributed by atoms with E-state index in [9.17, 15) is 0 Å². The molecule has 0 saturated heterocycles. The zero-order valence-electron chi connectivity index (χ0n) is 10.2. The first-order valence-electron chi connectivity index (χ1n) is 5.77. The number of aryl methyl sites for hydroxylation is 2. The highest BCUT2D eigenvalue weighted by Gasteiger charge is 2.26. The van der Waals surface area contributed by atoms with Crippen LogP contribution in [0, 0.1) is 13.8 Å². The Balaban J connectivity index is 2.35. The lowest BCUT2D eigenvalue weighted by atomic mass is 9.98. The highest BCUT2D eigenvalue weighted by Crippen LogP contribution is 2.28. The highest BCUT2D eigenvalue weighted by molar-refractivity contribution is 5.80. The molecule has 3 nitrogen and oxygen atoms in total. The Labute approximate surface area is 97.0 Å². The van der Waals surface area contributed by atoms with Gasteiger partial charge in [0.2, 0.25) is 0 Å². The zero-order chi connectivity index (χ0) is 11.7. The average Bonchev–Trinajstić information content (AvgIpc) is 2.63. The van der Waals surface area contributed by atoms with Crippen LogP contribution in [-0.2, 0) is 0 Å². The Kier molecular flexibility index (Phi) is 2.86. The molecule has 0 radical (unpaired) electrons. The molecule has 2 rings (SSSR count). The van der Waals surface area contributed by atoms with Crippen LogP contribution in [-0.4, -0.2) is 23.9 Å². The van der Waals surface area contributed by atoms with Crippen molar-refractivity contribution in [3.05, 3.63) is 34.9 Å². The maximum atomic E-state index is 5.88. The molecule has 2 N–H and O–H groups in total. The SMILES string of the molecule is CCN1C(N)=NCC1c1cc(C)ccc1C. The molecule has 0 bridgehead atoms. The topological polar surface area (TPSA) is 41.6 Å². The second-order valence-corrected chi connectivity index (χ2v) is 4.36. The van der Waals surface area contributed by atoms with E-state index in [-0.39, 0.29) is 0 Å². The van der Waals surface area contributed by atoms with Crippen molar-refractivity contribution < 1.29 is 0 Å². The normalized spacial score (nSPS) is 20.1. The van der Waals surface area contributed by atoms with E-state index in [4.69, 9.17) is 5.73 Å². The first kappa shape index (κ1) is 11.0. The fraction of sp³-hybridized carbons (Fsp3) is 0.462. The maximum absolute atomic E-state index is 5.88. The van der Waals surface area contributed by atoms with Crippen LogP contribution in [0.25, 0.3) is 0 Å². The lowest BCUT2D eigenvalue weighted by molar-refractivity contribution is 0.363. The first-order valence-corrected chi connectivity index (χ1v) is 5.77. The number of nitrogens with zero attached hydrogens (tertiary/aromatic N) is 2. The largest absolute Gasteiger partial charge is 0.370 e. The van der Waals surface area contributed by atoms with E-state index in [1.165, 1.54) is 16.7 Å². The maximum Gasteiger partial charge on any atom is 0.191 e. The van der Waals surface area contributed by atoms with Crippen molar-refractivity contribution in [2.24, 2.45) is 10.7 Å². The molecule has 1 aromatic carbocycles. The highest BCUT2D eigenvalue weighted by atomic mass is 15.3. The van der Waals surface area contributed by atoms with Crippen molar-refractivity contribution in [3.8, 4) is 0 Å². The molecule has 0 amide bonds. The molecule has 1 aromatic rings. The van der Waals surface area contributed by atoms with Crippen LogP contribution >= 0.6 is 0 Å². The quantitative estimate of drug-likeness (QED) is 0.823. The monoisotopic (exact) mass is 217 g/mol. The van der Waals surface area contributed by atoms with Gasteiger partial charge in [-0.2, -0.15) is 0 Å². The van der Waals surface area contributed by atoms with Gasteiger partial charge in [0.05, 0.1) is 12.6 Å². The van der Waals surface area contributed by atoms with Gasteiger partial charge in [-0.3, -0.25) is 4.99 Å². The Hall–Kier alpha value is -1.51. The second-order valence-electron chi connectivity index (χ2n) is 4.36. The molecule has 1 aliphatic heterocycles. The van der Waals surface area contributed by atoms with Crippen molar-refractivity contribution in [1.82, 2.24) is 4.90 Å². The van der Waals surface area contributed by atoms with E-state index >= 15 is 0 Å². The standard InChI is InChI=1S/C13H19N3/c1-4-16-12(8-15-13(16)14)11-7-9(2)5-6-10(11)3/h5-7,12H,4,8H2,1-3H3,(H2,14,15). The van der Waals surface area contributed by atoms with Gasteiger partial charge in [-0.05, 0) is 31.9 Å². The molecule has 0 aromatic heterocycles. The molecule has 1 atom stereocenters. The third-order valence-corrected chi connectivity index (χ3v) is 3.23. The fourth-order valence-corrected chi connectivity index (χ4v) is 2.30. The van der Waals surface area contributed by atoms with Crippen LogP contribution in [0.15, 0.2) is 23.2 Å². The number of rotatable bonds is 2. The Bertz CT molecular complexity index is 423. The lowest BCUT2D eigenvalue weighted by Gasteiger charge is -2.26. The Morgan fingerprint density at radius 3 is 2.88 bits per heavy atom. The van der Waals surface area contributed by atoms with Crippen molar-refractivity contribution in [2.45, 2.75) is 26.8 Å². The number of nitrogens with two attached hydrogens (primary N) is 1. The smallest absolute Gasteiger partial charge is 0.191 e. The molecule has 0 fully saturated rings. The number of hydrogen-bond donors (Lipinski definition) is 1. The van der Waals surface area contributed by atoms with Gasteiger partial charge < -0.3 is 10.6 Å². The van der Waals surface area contributed by atoms with Crippen LogP contribution in [0.2, 0.25) is 0 Å². The van der Waals surface area contributed by atoms with E-state index in [1.54, 1.807) is 0 Å². The van der Waals surface area contributed by atoms with Gasteiger partial charge in [0.15, 0.2) is 5.96 Å². The summed E-state index contributed by atoms with van der Waals surface area (Å²) in [5.74, 6) is 0.674. The van der Waals surface area contributed by atoms with Gasteiger partial charge in [0.1, 0.15) is 0 Å². The number of likely N-dealkylation sites (N-methyl/N-ethyl adjacent to an activating group) is 1. The molecule has 0 spiro atoms. The number of benzene rings is 1. The summed E-state index contributed by atoms with van der Waals surface area (Å²) in [4.78, 5) is 6.51. The van der Waals surface area contributed by atoms with Crippen molar-refractivity contribution >= 4 is 5.96 Å². The van der Waals surface area contributed by atoms with Crippen LogP contribution in [0.3, 0.4) is 0 Å². The lowest BCUT2D eigenvalue weighted by Crippen LogP contribution is -2.36. The molecule has 0 saturated carbocycles. The fourth-order valence-electron chi connectivity index (χ4n) is 2.30. The first-order chi connectivity index (χ1) is 7.63. The van der Waals surface area contributed by atoms with Gasteiger partial charge in [-0.1, -0.05) is 23.8 Å². The second kappa shape index (κ2) is 4.16. The summed E-state index contributed by atoms with van der Waals surface area (Å²) < 4.78 is 0. The van der Waals surface area contributed by atoms with Crippen molar-refractivity contribution in [2.75, 3.05) is 13.1 Å². The Morgan fingerprint density at radius 2 is 2.19 bits per heavy atom. The molecule has 3 heteroatoms. The molecule has 0 aliphatic carbocycles. The minimum Gasteiger partial charge on any atom is -0.370 e. The van der Waals surface area contributed by atoms with E-state index in [0.717, 1.165) is 13.1 Å². The van der Waals surface area contributed by atoms with Gasteiger partial charge in [0, 0.05) is 6.54 Å². The van der Waals surface area contributed by atoms with Gasteiger partial charge in [0.25, 0.3) is 0 Å². The molecule has 1 aliphatic rings. The molecule has 16 heavy (non-hydrogen) atoms. The zero-order valence-corrected chi connectivity index (χ0v) is 10.2. The number of hydrogen-bond acceptors (Lipinski definition) is 3. The number of guanidine groups is 1. The molecule has 1 heterocycles. The summed E-state index contributed by atoms with van der Waals surface area (Å²) in [5, 5.41) is 0.